The molecular formula is C11H21NO4S. The lowest BCUT2D eigenvalue weighted by atomic mass is 9.87. The lowest BCUT2D eigenvalue weighted by Crippen LogP contribution is -2.38. The van der Waals surface area contributed by atoms with Crippen molar-refractivity contribution in [3.05, 3.63) is 0 Å². The van der Waals surface area contributed by atoms with E-state index >= 15 is 0 Å². The smallest absolute Gasteiger partial charge is 0.323 e. The van der Waals surface area contributed by atoms with Gasteiger partial charge < -0.3 is 5.11 Å². The van der Waals surface area contributed by atoms with Gasteiger partial charge in [-0.15, -0.1) is 0 Å². The van der Waals surface area contributed by atoms with Gasteiger partial charge in [-0.05, 0) is 19.3 Å². The standard InChI is InChI=1S/C11H21NO4S/c1-9(11(13)14)17(15,16)12-8-7-10-5-3-2-4-6-10/h9-10,12H,2-8H2,1H3,(H,13,14). The van der Waals surface area contributed by atoms with Crippen molar-refractivity contribution >= 4 is 16.0 Å². The molecule has 0 aliphatic heterocycles. The van der Waals surface area contributed by atoms with Gasteiger partial charge in [0.25, 0.3) is 0 Å². The lowest BCUT2D eigenvalue weighted by Gasteiger charge is -2.21. The summed E-state index contributed by atoms with van der Waals surface area (Å²) in [6, 6.07) is 0. The third-order valence-corrected chi connectivity index (χ3v) is 5.13. The second-order valence-electron chi connectivity index (χ2n) is 4.71. The number of rotatable bonds is 6. The third-order valence-electron chi connectivity index (χ3n) is 3.39. The SMILES string of the molecule is CC(C(=O)O)S(=O)(=O)NCCC1CCCCC1. The number of hydrogen-bond acceptors (Lipinski definition) is 3. The van der Waals surface area contributed by atoms with Crippen molar-refractivity contribution in [1.29, 1.82) is 0 Å². The minimum atomic E-state index is -3.71. The van der Waals surface area contributed by atoms with Crippen LogP contribution in [-0.4, -0.2) is 31.3 Å². The van der Waals surface area contributed by atoms with Crippen LogP contribution in [0.1, 0.15) is 45.4 Å². The van der Waals surface area contributed by atoms with E-state index in [4.69, 9.17) is 5.11 Å². The second kappa shape index (κ2) is 6.35. The zero-order valence-electron chi connectivity index (χ0n) is 10.2. The maximum Gasteiger partial charge on any atom is 0.323 e. The molecule has 1 aliphatic rings. The summed E-state index contributed by atoms with van der Waals surface area (Å²) < 4.78 is 25.4. The molecule has 1 unspecified atom stereocenters. The zero-order chi connectivity index (χ0) is 12.9. The van der Waals surface area contributed by atoms with Gasteiger partial charge in [0.1, 0.15) is 0 Å². The summed E-state index contributed by atoms with van der Waals surface area (Å²) in [5.74, 6) is -0.721. The predicted molar refractivity (Wildman–Crippen MR) is 65.2 cm³/mol. The van der Waals surface area contributed by atoms with Crippen LogP contribution in [0.5, 0.6) is 0 Å². The second-order valence-corrected chi connectivity index (χ2v) is 6.80. The topological polar surface area (TPSA) is 83.5 Å². The van der Waals surface area contributed by atoms with Gasteiger partial charge in [-0.3, -0.25) is 4.79 Å². The van der Waals surface area contributed by atoms with E-state index in [1.54, 1.807) is 0 Å². The Morgan fingerprint density at radius 2 is 1.94 bits per heavy atom. The first-order valence-electron chi connectivity index (χ1n) is 6.15. The Balaban J connectivity index is 2.32. The predicted octanol–water partition coefficient (Wildman–Crippen LogP) is 1.35. The Bertz CT molecular complexity index is 346. The molecule has 2 N–H and O–H groups in total. The van der Waals surface area contributed by atoms with E-state index in [1.165, 1.54) is 26.2 Å². The summed E-state index contributed by atoms with van der Waals surface area (Å²) in [6.07, 6.45) is 6.86. The molecule has 17 heavy (non-hydrogen) atoms. The van der Waals surface area contributed by atoms with E-state index in [0.717, 1.165) is 19.3 Å². The Hall–Kier alpha value is -0.620. The molecule has 1 aliphatic carbocycles. The first kappa shape index (κ1) is 14.4. The first-order chi connectivity index (χ1) is 7.93. The summed E-state index contributed by atoms with van der Waals surface area (Å²) in [5, 5.41) is 7.27. The van der Waals surface area contributed by atoms with Crippen molar-refractivity contribution in [3.8, 4) is 0 Å². The number of carboxylic acid groups (broad SMARTS) is 1. The molecule has 0 aromatic carbocycles. The van der Waals surface area contributed by atoms with Crippen LogP contribution < -0.4 is 4.72 Å². The molecule has 1 rings (SSSR count). The highest BCUT2D eigenvalue weighted by Crippen LogP contribution is 2.25. The first-order valence-corrected chi connectivity index (χ1v) is 7.69. The van der Waals surface area contributed by atoms with E-state index in [1.807, 2.05) is 0 Å². The van der Waals surface area contributed by atoms with E-state index in [0.29, 0.717) is 12.5 Å². The van der Waals surface area contributed by atoms with Gasteiger partial charge >= 0.3 is 5.97 Å². The Morgan fingerprint density at radius 1 is 1.35 bits per heavy atom. The Kier molecular flexibility index (Phi) is 5.39. The van der Waals surface area contributed by atoms with Crippen LogP contribution in [0.3, 0.4) is 0 Å². The molecule has 0 radical (unpaired) electrons. The summed E-state index contributed by atoms with van der Waals surface area (Å²) in [6.45, 7) is 1.54. The van der Waals surface area contributed by atoms with Crippen molar-refractivity contribution in [1.82, 2.24) is 4.72 Å². The summed E-state index contributed by atoms with van der Waals surface area (Å²) >= 11 is 0. The van der Waals surface area contributed by atoms with E-state index in [2.05, 4.69) is 4.72 Å². The molecule has 100 valence electrons. The summed E-state index contributed by atoms with van der Waals surface area (Å²) in [5.41, 5.74) is 0. The van der Waals surface area contributed by atoms with Crippen LogP contribution in [0.2, 0.25) is 0 Å². The summed E-state index contributed by atoms with van der Waals surface area (Å²) in [7, 11) is -3.71. The maximum absolute atomic E-state index is 11.5. The summed E-state index contributed by atoms with van der Waals surface area (Å²) in [4.78, 5) is 10.6. The van der Waals surface area contributed by atoms with Gasteiger partial charge in [0.05, 0.1) is 0 Å². The highest BCUT2D eigenvalue weighted by molar-refractivity contribution is 7.90. The molecule has 5 nitrogen and oxygen atoms in total. The van der Waals surface area contributed by atoms with Crippen molar-refractivity contribution in [2.24, 2.45) is 5.92 Å². The van der Waals surface area contributed by atoms with Crippen molar-refractivity contribution < 1.29 is 18.3 Å². The minimum absolute atomic E-state index is 0.352. The fourth-order valence-corrected chi connectivity index (χ4v) is 3.06. The largest absolute Gasteiger partial charge is 0.480 e. The third kappa shape index (κ3) is 4.63. The number of hydrogen-bond donors (Lipinski definition) is 2. The van der Waals surface area contributed by atoms with Crippen LogP contribution in [-0.2, 0) is 14.8 Å². The Morgan fingerprint density at radius 3 is 2.47 bits per heavy atom. The molecule has 1 saturated carbocycles. The van der Waals surface area contributed by atoms with Gasteiger partial charge in [0.15, 0.2) is 5.25 Å². The molecule has 1 atom stereocenters. The molecule has 1 fully saturated rings. The lowest BCUT2D eigenvalue weighted by molar-refractivity contribution is -0.136. The normalized spacial score (nSPS) is 20.1. The fourth-order valence-electron chi connectivity index (χ4n) is 2.14. The minimum Gasteiger partial charge on any atom is -0.480 e. The average Bonchev–Trinajstić information content (AvgIpc) is 2.29. The zero-order valence-corrected chi connectivity index (χ0v) is 11.0. The van der Waals surface area contributed by atoms with Crippen molar-refractivity contribution in [2.75, 3.05) is 6.54 Å². The number of sulfonamides is 1. The molecule has 6 heteroatoms. The number of carboxylic acids is 1. The number of nitrogens with one attached hydrogen (secondary N) is 1. The monoisotopic (exact) mass is 263 g/mol. The van der Waals surface area contributed by atoms with Gasteiger partial charge in [-0.2, -0.15) is 0 Å². The van der Waals surface area contributed by atoms with Crippen molar-refractivity contribution in [2.45, 2.75) is 50.7 Å². The van der Waals surface area contributed by atoms with Gasteiger partial charge in [-0.25, -0.2) is 13.1 Å². The molecule has 0 heterocycles. The molecule has 0 saturated heterocycles. The maximum atomic E-state index is 11.5. The quantitative estimate of drug-likeness (QED) is 0.757. The van der Waals surface area contributed by atoms with Gasteiger partial charge in [0.2, 0.25) is 10.0 Å². The molecular weight excluding hydrogens is 242 g/mol. The number of carbonyl (C=O) groups is 1. The molecule has 0 amide bonds. The van der Waals surface area contributed by atoms with Gasteiger partial charge in [0, 0.05) is 6.54 Å². The van der Waals surface area contributed by atoms with E-state index in [-0.39, 0.29) is 0 Å². The van der Waals surface area contributed by atoms with Crippen LogP contribution in [0.4, 0.5) is 0 Å². The number of aliphatic carboxylic acids is 1. The van der Waals surface area contributed by atoms with Gasteiger partial charge in [-0.1, -0.05) is 32.1 Å². The average molecular weight is 263 g/mol. The van der Waals surface area contributed by atoms with Crippen LogP contribution >= 0.6 is 0 Å². The highest BCUT2D eigenvalue weighted by Gasteiger charge is 2.27. The van der Waals surface area contributed by atoms with Crippen LogP contribution in [0, 0.1) is 5.92 Å². The molecule has 0 aromatic heterocycles. The molecule has 0 spiro atoms. The van der Waals surface area contributed by atoms with E-state index in [9.17, 15) is 13.2 Å². The van der Waals surface area contributed by atoms with Crippen LogP contribution in [0.15, 0.2) is 0 Å². The molecule has 0 bridgehead atoms. The molecule has 0 aromatic rings. The van der Waals surface area contributed by atoms with Crippen molar-refractivity contribution in [3.63, 3.8) is 0 Å². The highest BCUT2D eigenvalue weighted by atomic mass is 32.2. The Labute approximate surface area is 103 Å². The van der Waals surface area contributed by atoms with Crippen LogP contribution in [0.25, 0.3) is 0 Å². The fraction of sp³-hybridized carbons (Fsp3) is 0.909. The van der Waals surface area contributed by atoms with E-state index < -0.39 is 21.2 Å².